The van der Waals surface area contributed by atoms with Crippen molar-refractivity contribution in [3.8, 4) is 0 Å². The van der Waals surface area contributed by atoms with Gasteiger partial charge < -0.3 is 16.4 Å². The number of carbonyl (C=O) groups excluding carboxylic acids is 2. The van der Waals surface area contributed by atoms with Crippen molar-refractivity contribution in [3.63, 3.8) is 0 Å². The Morgan fingerprint density at radius 3 is 2.32 bits per heavy atom. The first-order valence-corrected chi connectivity index (χ1v) is 8.25. The lowest BCUT2D eigenvalue weighted by molar-refractivity contribution is 0.1000. The molecule has 0 spiro atoms. The number of nitrogens with one attached hydrogen (secondary N) is 2. The number of urea groups is 1. The zero-order valence-corrected chi connectivity index (χ0v) is 14.9. The summed E-state index contributed by atoms with van der Waals surface area (Å²) in [5.74, 6) is -0.483. The molecule has 0 aromatic heterocycles. The van der Waals surface area contributed by atoms with Crippen LogP contribution in [0.25, 0.3) is 0 Å². The fourth-order valence-corrected chi connectivity index (χ4v) is 2.64. The van der Waals surface area contributed by atoms with Gasteiger partial charge >= 0.3 is 6.03 Å². The van der Waals surface area contributed by atoms with Gasteiger partial charge in [0.15, 0.2) is 0 Å². The molecule has 3 amide bonds. The molecule has 1 unspecified atom stereocenters. The van der Waals surface area contributed by atoms with Crippen LogP contribution in [0.2, 0.25) is 0 Å². The average Bonchev–Trinajstić information content (AvgIpc) is 2.58. The van der Waals surface area contributed by atoms with Crippen molar-refractivity contribution in [2.45, 2.75) is 33.4 Å². The number of hydrogen-bond acceptors (Lipinski definition) is 2. The highest BCUT2D eigenvalue weighted by Gasteiger charge is 2.27. The molecule has 1 atom stereocenters. The Kier molecular flexibility index (Phi) is 5.80. The zero-order valence-electron chi connectivity index (χ0n) is 14.9. The van der Waals surface area contributed by atoms with Gasteiger partial charge in [-0.1, -0.05) is 63.2 Å². The molecule has 0 radical (unpaired) electrons. The van der Waals surface area contributed by atoms with Gasteiger partial charge in [-0.05, 0) is 28.7 Å². The molecule has 0 aliphatic rings. The van der Waals surface area contributed by atoms with E-state index in [1.807, 2.05) is 36.4 Å². The fourth-order valence-electron chi connectivity index (χ4n) is 2.64. The number of amides is 3. The Balaban J connectivity index is 2.02. The van der Waals surface area contributed by atoms with Crippen molar-refractivity contribution < 1.29 is 9.59 Å². The van der Waals surface area contributed by atoms with Crippen molar-refractivity contribution in [2.24, 2.45) is 11.1 Å². The van der Waals surface area contributed by atoms with E-state index in [-0.39, 0.29) is 17.5 Å². The van der Waals surface area contributed by atoms with Gasteiger partial charge in [0, 0.05) is 12.1 Å². The quantitative estimate of drug-likeness (QED) is 0.780. The summed E-state index contributed by atoms with van der Waals surface area (Å²) in [6, 6.07) is 16.4. The maximum atomic E-state index is 12.4. The summed E-state index contributed by atoms with van der Waals surface area (Å²) >= 11 is 0. The van der Waals surface area contributed by atoms with Crippen LogP contribution in [0.15, 0.2) is 54.6 Å². The largest absolute Gasteiger partial charge is 0.366 e. The first kappa shape index (κ1) is 18.5. The van der Waals surface area contributed by atoms with E-state index < -0.39 is 5.91 Å². The summed E-state index contributed by atoms with van der Waals surface area (Å²) in [5, 5.41) is 5.87. The Labute approximate surface area is 148 Å². The monoisotopic (exact) mass is 339 g/mol. The van der Waals surface area contributed by atoms with Crippen LogP contribution in [0.5, 0.6) is 0 Å². The van der Waals surface area contributed by atoms with Gasteiger partial charge in [-0.3, -0.25) is 4.79 Å². The topological polar surface area (TPSA) is 84.2 Å². The Morgan fingerprint density at radius 1 is 1.04 bits per heavy atom. The number of nitrogens with two attached hydrogens (primary N) is 1. The smallest absolute Gasteiger partial charge is 0.315 e. The van der Waals surface area contributed by atoms with Crippen molar-refractivity contribution in [1.29, 1.82) is 0 Å². The second-order valence-electron chi connectivity index (χ2n) is 7.10. The van der Waals surface area contributed by atoms with E-state index in [1.54, 1.807) is 18.2 Å². The van der Waals surface area contributed by atoms with E-state index in [1.165, 1.54) is 0 Å². The maximum Gasteiger partial charge on any atom is 0.315 e. The Morgan fingerprint density at radius 2 is 1.72 bits per heavy atom. The molecular weight excluding hydrogens is 314 g/mol. The summed E-state index contributed by atoms with van der Waals surface area (Å²) in [5.41, 5.74) is 7.45. The fraction of sp³-hybridized carbons (Fsp3) is 0.300. The van der Waals surface area contributed by atoms with Gasteiger partial charge in [-0.15, -0.1) is 0 Å². The number of rotatable bonds is 5. The maximum absolute atomic E-state index is 12.4. The number of primary amides is 1. The molecule has 0 heterocycles. The third-order valence-corrected chi connectivity index (χ3v) is 3.94. The summed E-state index contributed by atoms with van der Waals surface area (Å²) in [6.45, 7) is 6.57. The normalized spacial score (nSPS) is 12.3. The van der Waals surface area contributed by atoms with Crippen LogP contribution in [-0.4, -0.2) is 11.9 Å². The van der Waals surface area contributed by atoms with Crippen molar-refractivity contribution in [1.82, 2.24) is 10.6 Å². The standard InChI is InChI=1S/C20H25N3O2/c1-20(2,3)17(15-9-5-4-6-10-15)23-19(25)22-13-14-8-7-11-16(12-14)18(21)24/h4-12,17H,13H2,1-3H3,(H2,21,24)(H2,22,23,25). The summed E-state index contributed by atoms with van der Waals surface area (Å²) in [6.07, 6.45) is 0. The molecule has 0 saturated carbocycles. The number of carbonyl (C=O) groups is 2. The molecule has 5 heteroatoms. The summed E-state index contributed by atoms with van der Waals surface area (Å²) in [7, 11) is 0. The molecule has 0 aliphatic carbocycles. The van der Waals surface area contributed by atoms with E-state index in [0.29, 0.717) is 12.1 Å². The van der Waals surface area contributed by atoms with E-state index >= 15 is 0 Å². The summed E-state index contributed by atoms with van der Waals surface area (Å²) < 4.78 is 0. The lowest BCUT2D eigenvalue weighted by Crippen LogP contribution is -2.42. The number of hydrogen-bond donors (Lipinski definition) is 3. The van der Waals surface area contributed by atoms with Crippen LogP contribution in [0, 0.1) is 5.41 Å². The van der Waals surface area contributed by atoms with Crippen LogP contribution >= 0.6 is 0 Å². The van der Waals surface area contributed by atoms with Crippen LogP contribution in [-0.2, 0) is 6.54 Å². The SMILES string of the molecule is CC(C)(C)C(NC(=O)NCc1cccc(C(N)=O)c1)c1ccccc1. The predicted octanol–water partition coefficient (Wildman–Crippen LogP) is 3.37. The lowest BCUT2D eigenvalue weighted by Gasteiger charge is -2.32. The molecule has 2 aromatic carbocycles. The molecule has 5 nitrogen and oxygen atoms in total. The summed E-state index contributed by atoms with van der Waals surface area (Å²) in [4.78, 5) is 23.6. The first-order valence-electron chi connectivity index (χ1n) is 8.25. The van der Waals surface area contributed by atoms with Gasteiger partial charge in [-0.25, -0.2) is 4.79 Å². The van der Waals surface area contributed by atoms with Gasteiger partial charge in [0.1, 0.15) is 0 Å². The molecule has 0 fully saturated rings. The van der Waals surface area contributed by atoms with Crippen LogP contribution in [0.3, 0.4) is 0 Å². The highest BCUT2D eigenvalue weighted by Crippen LogP contribution is 2.32. The van der Waals surface area contributed by atoms with Crippen molar-refractivity contribution >= 4 is 11.9 Å². The molecule has 2 aromatic rings. The zero-order chi connectivity index (χ0) is 18.4. The van der Waals surface area contributed by atoms with Gasteiger partial charge in [0.05, 0.1) is 6.04 Å². The van der Waals surface area contributed by atoms with Crippen molar-refractivity contribution in [2.75, 3.05) is 0 Å². The highest BCUT2D eigenvalue weighted by molar-refractivity contribution is 5.92. The van der Waals surface area contributed by atoms with Gasteiger partial charge in [0.25, 0.3) is 0 Å². The molecule has 25 heavy (non-hydrogen) atoms. The van der Waals surface area contributed by atoms with Crippen molar-refractivity contribution in [3.05, 3.63) is 71.3 Å². The molecule has 0 saturated heterocycles. The molecule has 0 aliphatic heterocycles. The molecule has 132 valence electrons. The number of benzene rings is 2. The second kappa shape index (κ2) is 7.83. The third-order valence-electron chi connectivity index (χ3n) is 3.94. The molecular formula is C20H25N3O2. The van der Waals surface area contributed by atoms with E-state index in [0.717, 1.165) is 11.1 Å². The van der Waals surface area contributed by atoms with Crippen LogP contribution in [0.4, 0.5) is 4.79 Å². The molecule has 4 N–H and O–H groups in total. The molecule has 0 bridgehead atoms. The van der Waals surface area contributed by atoms with E-state index in [2.05, 4.69) is 31.4 Å². The Hall–Kier alpha value is -2.82. The molecule has 2 rings (SSSR count). The second-order valence-corrected chi connectivity index (χ2v) is 7.10. The minimum Gasteiger partial charge on any atom is -0.366 e. The van der Waals surface area contributed by atoms with Crippen LogP contribution < -0.4 is 16.4 Å². The van der Waals surface area contributed by atoms with E-state index in [4.69, 9.17) is 5.73 Å². The van der Waals surface area contributed by atoms with Crippen LogP contribution in [0.1, 0.15) is 48.3 Å². The minimum atomic E-state index is -0.483. The van der Waals surface area contributed by atoms with Gasteiger partial charge in [-0.2, -0.15) is 0 Å². The minimum absolute atomic E-state index is 0.120. The Bertz CT molecular complexity index is 736. The first-order chi connectivity index (χ1) is 11.8. The van der Waals surface area contributed by atoms with E-state index in [9.17, 15) is 9.59 Å². The average molecular weight is 339 g/mol. The lowest BCUT2D eigenvalue weighted by atomic mass is 9.82. The van der Waals surface area contributed by atoms with Gasteiger partial charge in [0.2, 0.25) is 5.91 Å². The highest BCUT2D eigenvalue weighted by atomic mass is 16.2. The third kappa shape index (κ3) is 5.35. The predicted molar refractivity (Wildman–Crippen MR) is 99.0 cm³/mol.